The molecule has 1 rings (SSSR count). The molecule has 0 aliphatic rings. The minimum atomic E-state index is -1.65. The van der Waals surface area contributed by atoms with Gasteiger partial charge in [0.15, 0.2) is 8.32 Å². The lowest BCUT2D eigenvalue weighted by Gasteiger charge is -2.36. The van der Waals surface area contributed by atoms with Crippen LogP contribution in [0.3, 0.4) is 0 Å². The molecule has 1 aromatic carbocycles. The Morgan fingerprint density at radius 2 is 1.77 bits per heavy atom. The van der Waals surface area contributed by atoms with E-state index in [1.165, 1.54) is 7.11 Å². The Kier molecular flexibility index (Phi) is 6.78. The summed E-state index contributed by atoms with van der Waals surface area (Å²) in [6.07, 6.45) is 0. The summed E-state index contributed by atoms with van der Waals surface area (Å²) in [7, 11) is -0.261. The van der Waals surface area contributed by atoms with Gasteiger partial charge in [-0.2, -0.15) is 0 Å². The van der Waals surface area contributed by atoms with E-state index in [4.69, 9.17) is 4.43 Å². The summed E-state index contributed by atoms with van der Waals surface area (Å²) in [5.74, 6) is -0.303. The molecule has 0 spiro atoms. The number of carbonyl (C=O) groups excluding carboxylic acids is 1. The standard InChI is InChI=1S/C17H29NO3Si/c1-17(2,3)22(5,6)21-12-11-18-13-14-7-9-15(10-8-14)16(19)20-4/h7-10,18H,11-13H2,1-6H3. The minimum absolute atomic E-state index is 0.247. The number of benzene rings is 1. The SMILES string of the molecule is COC(=O)c1ccc(CNCCO[Si](C)(C)C(C)(C)C)cc1. The van der Waals surface area contributed by atoms with Crippen LogP contribution in [-0.4, -0.2) is 34.5 Å². The Labute approximate surface area is 135 Å². The van der Waals surface area contributed by atoms with Crippen LogP contribution >= 0.6 is 0 Å². The van der Waals surface area contributed by atoms with E-state index in [1.807, 2.05) is 12.1 Å². The van der Waals surface area contributed by atoms with Gasteiger partial charge in [0.25, 0.3) is 0 Å². The Hall–Kier alpha value is -1.17. The molecule has 1 aromatic rings. The molecule has 0 radical (unpaired) electrons. The molecule has 0 atom stereocenters. The zero-order valence-electron chi connectivity index (χ0n) is 14.7. The highest BCUT2D eigenvalue weighted by molar-refractivity contribution is 6.74. The fourth-order valence-corrected chi connectivity index (χ4v) is 2.75. The van der Waals surface area contributed by atoms with Crippen molar-refractivity contribution in [3.8, 4) is 0 Å². The predicted octanol–water partition coefficient (Wildman–Crippen LogP) is 3.58. The second-order valence-electron chi connectivity index (χ2n) is 6.97. The first-order chi connectivity index (χ1) is 10.2. The van der Waals surface area contributed by atoms with Gasteiger partial charge in [-0.1, -0.05) is 32.9 Å². The second kappa shape index (κ2) is 7.90. The van der Waals surface area contributed by atoms with Gasteiger partial charge in [0.2, 0.25) is 0 Å². The molecule has 0 heterocycles. The van der Waals surface area contributed by atoms with Gasteiger partial charge in [0.1, 0.15) is 0 Å². The monoisotopic (exact) mass is 323 g/mol. The average molecular weight is 324 g/mol. The summed E-state index contributed by atoms with van der Waals surface area (Å²) in [6, 6.07) is 7.45. The predicted molar refractivity (Wildman–Crippen MR) is 92.6 cm³/mol. The van der Waals surface area contributed by atoms with Crippen molar-refractivity contribution >= 4 is 14.3 Å². The molecule has 124 valence electrons. The lowest BCUT2D eigenvalue weighted by molar-refractivity contribution is 0.0600. The van der Waals surface area contributed by atoms with Crippen molar-refractivity contribution in [2.24, 2.45) is 0 Å². The molecule has 0 aromatic heterocycles. The van der Waals surface area contributed by atoms with E-state index in [9.17, 15) is 4.79 Å². The van der Waals surface area contributed by atoms with E-state index in [0.29, 0.717) is 5.56 Å². The van der Waals surface area contributed by atoms with Crippen LogP contribution < -0.4 is 5.32 Å². The Balaban J connectivity index is 2.32. The summed E-state index contributed by atoms with van der Waals surface area (Å²) in [4.78, 5) is 11.3. The molecule has 1 N–H and O–H groups in total. The largest absolute Gasteiger partial charge is 0.465 e. The Morgan fingerprint density at radius 3 is 2.27 bits per heavy atom. The number of esters is 1. The van der Waals surface area contributed by atoms with Crippen LogP contribution in [0.4, 0.5) is 0 Å². The summed E-state index contributed by atoms with van der Waals surface area (Å²) in [5, 5.41) is 3.62. The minimum Gasteiger partial charge on any atom is -0.465 e. The number of rotatable bonds is 7. The van der Waals surface area contributed by atoms with E-state index in [-0.39, 0.29) is 11.0 Å². The first kappa shape index (κ1) is 18.9. The van der Waals surface area contributed by atoms with Crippen LogP contribution in [0.2, 0.25) is 18.1 Å². The molecule has 0 amide bonds. The molecule has 5 heteroatoms. The van der Waals surface area contributed by atoms with Gasteiger partial charge in [-0.25, -0.2) is 4.79 Å². The van der Waals surface area contributed by atoms with E-state index in [0.717, 1.165) is 25.3 Å². The second-order valence-corrected chi connectivity index (χ2v) is 11.8. The van der Waals surface area contributed by atoms with E-state index in [1.54, 1.807) is 12.1 Å². The number of carbonyl (C=O) groups is 1. The van der Waals surface area contributed by atoms with Gasteiger partial charge < -0.3 is 14.5 Å². The first-order valence-electron chi connectivity index (χ1n) is 7.69. The quantitative estimate of drug-likeness (QED) is 0.473. The summed E-state index contributed by atoms with van der Waals surface area (Å²) < 4.78 is 10.8. The maximum Gasteiger partial charge on any atom is 0.337 e. The summed E-state index contributed by atoms with van der Waals surface area (Å²) in [6.45, 7) is 13.6. The van der Waals surface area contributed by atoms with E-state index < -0.39 is 8.32 Å². The average Bonchev–Trinajstić information content (AvgIpc) is 2.45. The van der Waals surface area contributed by atoms with Gasteiger partial charge in [0.05, 0.1) is 12.7 Å². The molecule has 0 unspecified atom stereocenters. The molecule has 0 bridgehead atoms. The van der Waals surface area contributed by atoms with Crippen molar-refractivity contribution in [1.29, 1.82) is 0 Å². The molecule has 4 nitrogen and oxygen atoms in total. The maximum absolute atomic E-state index is 11.3. The van der Waals surface area contributed by atoms with Crippen LogP contribution in [0, 0.1) is 0 Å². The summed E-state index contributed by atoms with van der Waals surface area (Å²) >= 11 is 0. The number of hydrogen-bond acceptors (Lipinski definition) is 4. The van der Waals surface area contributed by atoms with Crippen molar-refractivity contribution in [2.75, 3.05) is 20.3 Å². The zero-order valence-corrected chi connectivity index (χ0v) is 15.7. The molecular formula is C17H29NO3Si. The van der Waals surface area contributed by atoms with Crippen molar-refractivity contribution in [1.82, 2.24) is 5.32 Å². The fraction of sp³-hybridized carbons (Fsp3) is 0.588. The van der Waals surface area contributed by atoms with Gasteiger partial charge in [-0.05, 0) is 35.8 Å². The zero-order chi connectivity index (χ0) is 16.8. The van der Waals surface area contributed by atoms with Gasteiger partial charge in [0, 0.05) is 19.7 Å². The van der Waals surface area contributed by atoms with Crippen molar-refractivity contribution in [3.63, 3.8) is 0 Å². The Bertz CT molecular complexity index is 478. The van der Waals surface area contributed by atoms with Crippen LogP contribution in [0.1, 0.15) is 36.7 Å². The third-order valence-electron chi connectivity index (χ3n) is 4.25. The number of nitrogens with one attached hydrogen (secondary N) is 1. The smallest absolute Gasteiger partial charge is 0.337 e. The highest BCUT2D eigenvalue weighted by Gasteiger charge is 2.36. The molecule has 0 aliphatic heterocycles. The van der Waals surface area contributed by atoms with Crippen LogP contribution in [0.5, 0.6) is 0 Å². The van der Waals surface area contributed by atoms with Gasteiger partial charge >= 0.3 is 5.97 Å². The maximum atomic E-state index is 11.3. The lowest BCUT2D eigenvalue weighted by Crippen LogP contribution is -2.42. The number of methoxy groups -OCH3 is 1. The van der Waals surface area contributed by atoms with Crippen molar-refractivity contribution in [2.45, 2.75) is 45.4 Å². The molecule has 22 heavy (non-hydrogen) atoms. The molecule has 0 aliphatic carbocycles. The van der Waals surface area contributed by atoms with Crippen LogP contribution in [-0.2, 0) is 15.7 Å². The fourth-order valence-electron chi connectivity index (χ4n) is 1.70. The van der Waals surface area contributed by atoms with E-state index >= 15 is 0 Å². The van der Waals surface area contributed by atoms with Gasteiger partial charge in [-0.3, -0.25) is 0 Å². The number of hydrogen-bond donors (Lipinski definition) is 1. The van der Waals surface area contributed by atoms with Gasteiger partial charge in [-0.15, -0.1) is 0 Å². The third kappa shape index (κ3) is 5.55. The van der Waals surface area contributed by atoms with Crippen molar-refractivity contribution < 1.29 is 14.0 Å². The number of ether oxygens (including phenoxy) is 1. The Morgan fingerprint density at radius 1 is 1.18 bits per heavy atom. The highest BCUT2D eigenvalue weighted by atomic mass is 28.4. The molecule has 0 saturated heterocycles. The normalized spacial score (nSPS) is 12.3. The molecular weight excluding hydrogens is 294 g/mol. The summed E-state index contributed by atoms with van der Waals surface area (Å²) in [5.41, 5.74) is 1.72. The van der Waals surface area contributed by atoms with Crippen molar-refractivity contribution in [3.05, 3.63) is 35.4 Å². The third-order valence-corrected chi connectivity index (χ3v) is 8.79. The molecule has 0 saturated carbocycles. The van der Waals surface area contributed by atoms with Crippen LogP contribution in [0.15, 0.2) is 24.3 Å². The topological polar surface area (TPSA) is 47.6 Å². The van der Waals surface area contributed by atoms with E-state index in [2.05, 4.69) is 43.9 Å². The molecule has 0 fully saturated rings. The lowest BCUT2D eigenvalue weighted by atomic mass is 10.1. The first-order valence-corrected chi connectivity index (χ1v) is 10.6. The van der Waals surface area contributed by atoms with Crippen LogP contribution in [0.25, 0.3) is 0 Å². The highest BCUT2D eigenvalue weighted by Crippen LogP contribution is 2.36.